The van der Waals surface area contributed by atoms with Gasteiger partial charge in [0.1, 0.15) is 0 Å². The van der Waals surface area contributed by atoms with E-state index >= 15 is 0 Å². The van der Waals surface area contributed by atoms with E-state index in [1.165, 1.54) is 11.0 Å². The van der Waals surface area contributed by atoms with Crippen LogP contribution >= 0.6 is 0 Å². The quantitative estimate of drug-likeness (QED) is 0.594. The van der Waals surface area contributed by atoms with Crippen LogP contribution in [0, 0.1) is 0 Å². The van der Waals surface area contributed by atoms with Gasteiger partial charge in [0, 0.05) is 17.2 Å². The first-order chi connectivity index (χ1) is 6.38. The lowest BCUT2D eigenvalue weighted by molar-refractivity contribution is -0.142. The Hall–Kier alpha value is -1.38. The molecule has 0 N–H and O–H groups in total. The van der Waals surface area contributed by atoms with Gasteiger partial charge in [-0.3, -0.25) is 14.5 Å². The molecule has 0 aliphatic carbocycles. The number of hydrogen-bond donors (Lipinski definition) is 0. The molecule has 1 rings (SSSR count). The van der Waals surface area contributed by atoms with Gasteiger partial charge < -0.3 is 0 Å². The molecule has 0 atom stereocenters. The van der Waals surface area contributed by atoms with Crippen molar-refractivity contribution in [3.05, 3.63) is 23.8 Å². The Balaban J connectivity index is 3.01. The summed E-state index contributed by atoms with van der Waals surface area (Å²) in [4.78, 5) is 24.5. The van der Waals surface area contributed by atoms with Crippen molar-refractivity contribution in [2.24, 2.45) is 0 Å². The summed E-state index contributed by atoms with van der Waals surface area (Å²) in [6.07, 6.45) is 4.79. The highest BCUT2D eigenvalue weighted by Gasteiger charge is 2.37. The highest BCUT2D eigenvalue weighted by molar-refractivity contribution is 6.18. The van der Waals surface area contributed by atoms with E-state index < -0.39 is 5.54 Å². The Morgan fingerprint density at radius 1 is 1.29 bits per heavy atom. The van der Waals surface area contributed by atoms with Gasteiger partial charge in [0.15, 0.2) is 0 Å². The Morgan fingerprint density at radius 3 is 2.21 bits per heavy atom. The van der Waals surface area contributed by atoms with Crippen LogP contribution in [-0.2, 0) is 9.59 Å². The van der Waals surface area contributed by atoms with Crippen molar-refractivity contribution in [1.82, 2.24) is 4.90 Å². The fraction of sp³-hybridized carbons (Fsp3) is 0.455. The number of imide groups is 1. The Morgan fingerprint density at radius 2 is 1.86 bits per heavy atom. The maximum absolute atomic E-state index is 11.7. The molecule has 76 valence electrons. The third-order valence-corrected chi connectivity index (χ3v) is 1.97. The second kappa shape index (κ2) is 3.40. The van der Waals surface area contributed by atoms with Gasteiger partial charge in [-0.05, 0) is 27.7 Å². The summed E-state index contributed by atoms with van der Waals surface area (Å²) in [7, 11) is 0. The molecule has 0 saturated heterocycles. The third kappa shape index (κ3) is 1.76. The van der Waals surface area contributed by atoms with Crippen molar-refractivity contribution in [2.45, 2.75) is 33.2 Å². The van der Waals surface area contributed by atoms with E-state index in [1.807, 2.05) is 27.7 Å². The summed E-state index contributed by atoms with van der Waals surface area (Å²) in [6.45, 7) is 7.35. The second-order valence-corrected chi connectivity index (χ2v) is 4.25. The zero-order valence-electron chi connectivity index (χ0n) is 9.00. The standard InChI is InChI=1S/C11H15NO2/c1-5-6-8-7-9(13)12(10(8)14)11(2,3)4/h5-7H,1-4H3/b6-5-. The van der Waals surface area contributed by atoms with E-state index in [4.69, 9.17) is 0 Å². The summed E-state index contributed by atoms with van der Waals surface area (Å²) >= 11 is 0. The molecule has 0 spiro atoms. The van der Waals surface area contributed by atoms with Gasteiger partial charge in [-0.2, -0.15) is 0 Å². The van der Waals surface area contributed by atoms with Crippen molar-refractivity contribution in [3.8, 4) is 0 Å². The van der Waals surface area contributed by atoms with Gasteiger partial charge in [0.2, 0.25) is 0 Å². The van der Waals surface area contributed by atoms with Crippen molar-refractivity contribution < 1.29 is 9.59 Å². The van der Waals surface area contributed by atoms with E-state index in [1.54, 1.807) is 12.2 Å². The van der Waals surface area contributed by atoms with Crippen LogP contribution in [0.25, 0.3) is 0 Å². The zero-order valence-corrected chi connectivity index (χ0v) is 9.00. The predicted octanol–water partition coefficient (Wildman–Crippen LogP) is 1.66. The van der Waals surface area contributed by atoms with Crippen molar-refractivity contribution >= 4 is 11.8 Å². The van der Waals surface area contributed by atoms with E-state index in [9.17, 15) is 9.59 Å². The van der Waals surface area contributed by atoms with Crippen molar-refractivity contribution in [1.29, 1.82) is 0 Å². The van der Waals surface area contributed by atoms with E-state index in [0.717, 1.165) is 0 Å². The number of rotatable bonds is 1. The largest absolute Gasteiger partial charge is 0.269 e. The van der Waals surface area contributed by atoms with Gasteiger partial charge >= 0.3 is 0 Å². The number of carbonyl (C=O) groups is 2. The molecule has 3 heteroatoms. The first-order valence-corrected chi connectivity index (χ1v) is 4.61. The van der Waals surface area contributed by atoms with Crippen LogP contribution in [0.15, 0.2) is 23.8 Å². The molecule has 0 aromatic heterocycles. The number of nitrogens with zero attached hydrogens (tertiary/aromatic N) is 1. The maximum Gasteiger partial charge on any atom is 0.261 e. The van der Waals surface area contributed by atoms with Crippen LogP contribution in [-0.4, -0.2) is 22.3 Å². The number of hydrogen-bond acceptors (Lipinski definition) is 2. The molecule has 0 saturated carbocycles. The summed E-state index contributed by atoms with van der Waals surface area (Å²) in [5.74, 6) is -0.434. The first-order valence-electron chi connectivity index (χ1n) is 4.61. The van der Waals surface area contributed by atoms with E-state index in [2.05, 4.69) is 0 Å². The Bertz CT molecular complexity index is 332. The smallest absolute Gasteiger partial charge is 0.261 e. The fourth-order valence-electron chi connectivity index (χ4n) is 1.42. The predicted molar refractivity (Wildman–Crippen MR) is 54.5 cm³/mol. The molecule has 1 heterocycles. The minimum Gasteiger partial charge on any atom is -0.269 e. The Kier molecular flexibility index (Phi) is 2.60. The van der Waals surface area contributed by atoms with Crippen LogP contribution in [0.2, 0.25) is 0 Å². The van der Waals surface area contributed by atoms with Crippen LogP contribution in [0.3, 0.4) is 0 Å². The minimum absolute atomic E-state index is 0.208. The highest BCUT2D eigenvalue weighted by Crippen LogP contribution is 2.23. The molecule has 0 unspecified atom stereocenters. The molecule has 3 nitrogen and oxygen atoms in total. The highest BCUT2D eigenvalue weighted by atomic mass is 16.2. The average Bonchev–Trinajstić information content (AvgIpc) is 2.26. The molecular formula is C11H15NO2. The van der Waals surface area contributed by atoms with Crippen LogP contribution in [0.4, 0.5) is 0 Å². The summed E-state index contributed by atoms with van der Waals surface area (Å²) < 4.78 is 0. The van der Waals surface area contributed by atoms with Crippen molar-refractivity contribution in [3.63, 3.8) is 0 Å². The fourth-order valence-corrected chi connectivity index (χ4v) is 1.42. The maximum atomic E-state index is 11.7. The van der Waals surface area contributed by atoms with Gasteiger partial charge in [-0.15, -0.1) is 0 Å². The third-order valence-electron chi connectivity index (χ3n) is 1.97. The molecule has 0 aromatic carbocycles. The molecule has 1 aliphatic heterocycles. The van der Waals surface area contributed by atoms with E-state index in [0.29, 0.717) is 5.57 Å². The number of amides is 2. The van der Waals surface area contributed by atoms with Crippen LogP contribution in [0.1, 0.15) is 27.7 Å². The Labute approximate surface area is 84.1 Å². The summed E-state index contributed by atoms with van der Waals surface area (Å²) in [5, 5.41) is 0. The van der Waals surface area contributed by atoms with Gasteiger partial charge in [0.25, 0.3) is 11.8 Å². The monoisotopic (exact) mass is 193 g/mol. The van der Waals surface area contributed by atoms with Crippen molar-refractivity contribution in [2.75, 3.05) is 0 Å². The molecule has 0 fully saturated rings. The lowest BCUT2D eigenvalue weighted by Crippen LogP contribution is -2.45. The average molecular weight is 193 g/mol. The number of allylic oxidation sites excluding steroid dienone is 1. The topological polar surface area (TPSA) is 37.4 Å². The lowest BCUT2D eigenvalue weighted by Gasteiger charge is -2.29. The summed E-state index contributed by atoms with van der Waals surface area (Å²) in [6, 6.07) is 0. The molecule has 0 radical (unpaired) electrons. The number of carbonyl (C=O) groups excluding carboxylic acids is 2. The molecular weight excluding hydrogens is 178 g/mol. The van der Waals surface area contributed by atoms with Gasteiger partial charge in [0.05, 0.1) is 0 Å². The lowest BCUT2D eigenvalue weighted by atomic mass is 10.1. The van der Waals surface area contributed by atoms with Crippen LogP contribution < -0.4 is 0 Å². The molecule has 2 amide bonds. The normalized spacial score (nSPS) is 18.3. The van der Waals surface area contributed by atoms with Gasteiger partial charge in [-0.1, -0.05) is 12.2 Å². The van der Waals surface area contributed by atoms with E-state index in [-0.39, 0.29) is 11.8 Å². The second-order valence-electron chi connectivity index (χ2n) is 4.25. The first kappa shape index (κ1) is 10.7. The molecule has 14 heavy (non-hydrogen) atoms. The summed E-state index contributed by atoms with van der Waals surface area (Å²) in [5.41, 5.74) is 0.0148. The molecule has 1 aliphatic rings. The molecule has 0 aromatic rings. The zero-order chi connectivity index (χ0) is 10.9. The minimum atomic E-state index is -0.450. The van der Waals surface area contributed by atoms with Gasteiger partial charge in [-0.25, -0.2) is 0 Å². The van der Waals surface area contributed by atoms with Crippen LogP contribution in [0.5, 0.6) is 0 Å². The SMILES string of the molecule is C/C=C\C1=CC(=O)N(C(C)(C)C)C1=O. The molecule has 0 bridgehead atoms.